The molecule has 1 aromatic carbocycles. The lowest BCUT2D eigenvalue weighted by atomic mass is 9.94. The number of rotatable bonds is 5. The Labute approximate surface area is 103 Å². The molecular formula is C14H21NO2. The first-order chi connectivity index (χ1) is 8.15. The maximum Gasteiger partial charge on any atom is 0.125 e. The van der Waals surface area contributed by atoms with Crippen molar-refractivity contribution in [1.82, 2.24) is 5.32 Å². The number of benzene rings is 1. The summed E-state index contributed by atoms with van der Waals surface area (Å²) in [5, 5.41) is 3.56. The molecule has 0 amide bonds. The van der Waals surface area contributed by atoms with E-state index in [4.69, 9.17) is 9.47 Å². The number of hydrogen-bond donors (Lipinski definition) is 1. The standard InChI is InChI=1S/C14H21NO2/c1-14(2)13(15-9-6-10-16-3)11-7-4-5-8-12(11)17-14/h4-5,7-8,13,15H,6,9-10H2,1-3H3. The van der Waals surface area contributed by atoms with Crippen LogP contribution < -0.4 is 10.1 Å². The molecule has 0 aliphatic carbocycles. The topological polar surface area (TPSA) is 30.5 Å². The Hall–Kier alpha value is -1.06. The largest absolute Gasteiger partial charge is 0.486 e. The molecule has 3 nitrogen and oxygen atoms in total. The molecule has 0 bridgehead atoms. The zero-order valence-corrected chi connectivity index (χ0v) is 10.8. The predicted octanol–water partition coefficient (Wildman–Crippen LogP) is 2.52. The van der Waals surface area contributed by atoms with E-state index in [1.165, 1.54) is 5.56 Å². The summed E-state index contributed by atoms with van der Waals surface area (Å²) in [5.74, 6) is 1.00. The number of ether oxygens (including phenoxy) is 2. The van der Waals surface area contributed by atoms with Gasteiger partial charge in [0.05, 0.1) is 6.04 Å². The Bertz CT molecular complexity index is 376. The first-order valence-electron chi connectivity index (χ1n) is 6.15. The second-order valence-electron chi connectivity index (χ2n) is 4.98. The van der Waals surface area contributed by atoms with Crippen LogP contribution in [0.15, 0.2) is 24.3 Å². The van der Waals surface area contributed by atoms with E-state index < -0.39 is 0 Å². The maximum atomic E-state index is 5.97. The van der Waals surface area contributed by atoms with Crippen LogP contribution in [-0.4, -0.2) is 25.9 Å². The minimum absolute atomic E-state index is 0.184. The van der Waals surface area contributed by atoms with Crippen LogP contribution in [0.5, 0.6) is 5.75 Å². The van der Waals surface area contributed by atoms with Gasteiger partial charge in [0.2, 0.25) is 0 Å². The van der Waals surface area contributed by atoms with E-state index in [9.17, 15) is 0 Å². The van der Waals surface area contributed by atoms with Crippen LogP contribution in [0.4, 0.5) is 0 Å². The van der Waals surface area contributed by atoms with Crippen molar-refractivity contribution in [2.75, 3.05) is 20.3 Å². The highest BCUT2D eigenvalue weighted by molar-refractivity contribution is 5.42. The van der Waals surface area contributed by atoms with Gasteiger partial charge in [-0.3, -0.25) is 0 Å². The van der Waals surface area contributed by atoms with Gasteiger partial charge in [-0.05, 0) is 32.9 Å². The zero-order valence-electron chi connectivity index (χ0n) is 10.8. The molecule has 1 atom stereocenters. The van der Waals surface area contributed by atoms with E-state index in [1.807, 2.05) is 12.1 Å². The van der Waals surface area contributed by atoms with Gasteiger partial charge in [-0.15, -0.1) is 0 Å². The van der Waals surface area contributed by atoms with Gasteiger partial charge in [0.25, 0.3) is 0 Å². The van der Waals surface area contributed by atoms with Crippen LogP contribution in [0.1, 0.15) is 31.9 Å². The third-order valence-electron chi connectivity index (χ3n) is 3.17. The molecule has 3 heteroatoms. The molecule has 1 aliphatic heterocycles. The van der Waals surface area contributed by atoms with Crippen LogP contribution in [0.25, 0.3) is 0 Å². The highest BCUT2D eigenvalue weighted by Gasteiger charge is 2.40. The molecule has 1 aliphatic rings. The average molecular weight is 235 g/mol. The van der Waals surface area contributed by atoms with E-state index in [-0.39, 0.29) is 11.6 Å². The highest BCUT2D eigenvalue weighted by Crippen LogP contribution is 2.42. The van der Waals surface area contributed by atoms with Crippen molar-refractivity contribution >= 4 is 0 Å². The molecule has 94 valence electrons. The summed E-state index contributed by atoms with van der Waals surface area (Å²) in [7, 11) is 1.73. The average Bonchev–Trinajstić information content (AvgIpc) is 2.55. The molecule has 0 saturated carbocycles. The van der Waals surface area contributed by atoms with Crippen molar-refractivity contribution in [1.29, 1.82) is 0 Å². The predicted molar refractivity (Wildman–Crippen MR) is 68.4 cm³/mol. The van der Waals surface area contributed by atoms with Crippen molar-refractivity contribution in [2.45, 2.75) is 31.9 Å². The Morgan fingerprint density at radius 1 is 1.35 bits per heavy atom. The van der Waals surface area contributed by atoms with E-state index in [1.54, 1.807) is 7.11 Å². The fraction of sp³-hybridized carbons (Fsp3) is 0.571. The van der Waals surface area contributed by atoms with Gasteiger partial charge in [-0.1, -0.05) is 18.2 Å². The third kappa shape index (κ3) is 2.61. The number of methoxy groups -OCH3 is 1. The summed E-state index contributed by atoms with van der Waals surface area (Å²) in [6.45, 7) is 5.99. The maximum absolute atomic E-state index is 5.97. The summed E-state index contributed by atoms with van der Waals surface area (Å²) in [6, 6.07) is 8.51. The molecule has 1 aromatic rings. The molecular weight excluding hydrogens is 214 g/mol. The second-order valence-corrected chi connectivity index (χ2v) is 4.98. The third-order valence-corrected chi connectivity index (χ3v) is 3.17. The van der Waals surface area contributed by atoms with Gasteiger partial charge in [-0.2, -0.15) is 0 Å². The van der Waals surface area contributed by atoms with Crippen LogP contribution in [0, 0.1) is 0 Å². The lowest BCUT2D eigenvalue weighted by Gasteiger charge is -2.27. The van der Waals surface area contributed by atoms with Gasteiger partial charge in [0.1, 0.15) is 11.4 Å². The lowest BCUT2D eigenvalue weighted by Crippen LogP contribution is -2.39. The minimum atomic E-state index is -0.184. The Morgan fingerprint density at radius 2 is 2.12 bits per heavy atom. The van der Waals surface area contributed by atoms with Crippen molar-refractivity contribution in [2.24, 2.45) is 0 Å². The smallest absolute Gasteiger partial charge is 0.125 e. The Morgan fingerprint density at radius 3 is 2.88 bits per heavy atom. The van der Waals surface area contributed by atoms with Crippen molar-refractivity contribution in [3.63, 3.8) is 0 Å². The molecule has 0 fully saturated rings. The van der Waals surface area contributed by atoms with E-state index in [2.05, 4.69) is 31.3 Å². The van der Waals surface area contributed by atoms with Gasteiger partial charge < -0.3 is 14.8 Å². The van der Waals surface area contributed by atoms with E-state index in [0.717, 1.165) is 25.3 Å². The van der Waals surface area contributed by atoms with Crippen LogP contribution >= 0.6 is 0 Å². The first kappa shape index (κ1) is 12.4. The monoisotopic (exact) mass is 235 g/mol. The highest BCUT2D eigenvalue weighted by atomic mass is 16.5. The van der Waals surface area contributed by atoms with Crippen molar-refractivity contribution in [3.8, 4) is 5.75 Å². The summed E-state index contributed by atoms with van der Waals surface area (Å²) >= 11 is 0. The quantitative estimate of drug-likeness (QED) is 0.795. The molecule has 1 N–H and O–H groups in total. The van der Waals surface area contributed by atoms with Crippen LogP contribution in [0.2, 0.25) is 0 Å². The van der Waals surface area contributed by atoms with Gasteiger partial charge >= 0.3 is 0 Å². The molecule has 0 spiro atoms. The van der Waals surface area contributed by atoms with Gasteiger partial charge in [-0.25, -0.2) is 0 Å². The van der Waals surface area contributed by atoms with E-state index >= 15 is 0 Å². The van der Waals surface area contributed by atoms with E-state index in [0.29, 0.717) is 0 Å². The lowest BCUT2D eigenvalue weighted by molar-refractivity contribution is 0.0948. The zero-order chi connectivity index (χ0) is 12.3. The molecule has 1 unspecified atom stereocenters. The fourth-order valence-electron chi connectivity index (χ4n) is 2.35. The normalized spacial score (nSPS) is 21.0. The van der Waals surface area contributed by atoms with Crippen LogP contribution in [0.3, 0.4) is 0 Å². The molecule has 2 rings (SSSR count). The van der Waals surface area contributed by atoms with Gasteiger partial charge in [0.15, 0.2) is 0 Å². The minimum Gasteiger partial charge on any atom is -0.486 e. The number of para-hydroxylation sites is 1. The van der Waals surface area contributed by atoms with Gasteiger partial charge in [0, 0.05) is 19.3 Å². The Kier molecular flexibility index (Phi) is 3.69. The molecule has 1 heterocycles. The molecule has 0 saturated heterocycles. The summed E-state index contributed by atoms with van der Waals surface area (Å²) < 4.78 is 11.0. The number of hydrogen-bond acceptors (Lipinski definition) is 3. The molecule has 17 heavy (non-hydrogen) atoms. The molecule has 0 radical (unpaired) electrons. The number of fused-ring (bicyclic) bond motifs is 1. The summed E-state index contributed by atoms with van der Waals surface area (Å²) in [4.78, 5) is 0. The number of nitrogens with one attached hydrogen (secondary N) is 1. The van der Waals surface area contributed by atoms with Crippen LogP contribution in [-0.2, 0) is 4.74 Å². The fourth-order valence-corrected chi connectivity index (χ4v) is 2.35. The Balaban J connectivity index is 2.04. The first-order valence-corrected chi connectivity index (χ1v) is 6.15. The van der Waals surface area contributed by atoms with Crippen molar-refractivity contribution < 1.29 is 9.47 Å². The summed E-state index contributed by atoms with van der Waals surface area (Å²) in [6.07, 6.45) is 1.02. The SMILES string of the molecule is COCCCNC1c2ccccc2OC1(C)C. The molecule has 0 aromatic heterocycles. The second kappa shape index (κ2) is 5.07. The summed E-state index contributed by atoms with van der Waals surface area (Å²) in [5.41, 5.74) is 1.08. The van der Waals surface area contributed by atoms with Crippen molar-refractivity contribution in [3.05, 3.63) is 29.8 Å².